The summed E-state index contributed by atoms with van der Waals surface area (Å²) in [4.78, 5) is 154. The second-order valence-corrected chi connectivity index (χ2v) is 30.0. The number of nitrogens with one attached hydrogen (secondary N) is 6. The standard InChI is InChI=1S/C83H100N10O19/c1-44(2)68(89-62(96)20-13-12-14-35-93-63(97)29-30-64(93)98)80(104)88-58(19-16-34-85-81(84)105)79(103)86-55-25-21-52(22-26-55)43-108-82(106)87-56-27-23-53(24-28-56)54-31-36-92(37-32-54)57-41-59(95)69-61(42-57)111-76-70(90-69)65-66-72(99)50(8)75-67(65)77(101)83(10,112-75)109-38-33-60(107-11)49(7)74(110-51(9)94)48(6)40-46(4)39-45(3)17-15-18-47(5)78(102)91-71(76)73(66)100/h15,17-18,21-30,33,38,41-42,44-46,48-49,54,58,60,68,74,95,99H,12-14,16,19-20,31-32,34-37,39-40,43H2,1-11H3,(H,86,103)(H,87,106)(H,88,104)(H,89,96)(H,91,102)(H3,84,85,105)/b17-15+,38-33+,47-18-/t45-,46+,48+,49+,58-,60-,68-,74-,83-/m0/s1. The number of piperidine rings is 1. The molecule has 1 saturated heterocycles. The molecule has 0 saturated carbocycles. The molecule has 9 atom stereocenters. The fourth-order valence-corrected chi connectivity index (χ4v) is 15.0. The van der Waals surface area contributed by atoms with E-state index in [1.165, 1.54) is 46.3 Å². The number of imide groups is 1. The molecule has 4 aromatic rings. The van der Waals surface area contributed by atoms with E-state index in [0.717, 1.165) is 16.9 Å². The number of carbonyl (C=O) groups is 10. The largest absolute Gasteiger partial charge is 0.507 e. The van der Waals surface area contributed by atoms with Gasteiger partial charge in [-0.05, 0) is 136 Å². The highest BCUT2D eigenvalue weighted by Crippen LogP contribution is 2.51. The molecule has 10 rings (SSSR count). The molecule has 29 heteroatoms. The number of fused-ring (bicyclic) bond motifs is 2. The van der Waals surface area contributed by atoms with E-state index < -0.39 is 88.8 Å². The average Bonchev–Trinajstić information content (AvgIpc) is 1.40. The minimum absolute atomic E-state index is 0.0228. The molecule has 6 aliphatic rings. The number of nitrogens with two attached hydrogens (primary N) is 1. The zero-order valence-corrected chi connectivity index (χ0v) is 64.9. The summed E-state index contributed by atoms with van der Waals surface area (Å²) in [5.41, 5.74) is 6.92. The van der Waals surface area contributed by atoms with E-state index in [1.807, 2.05) is 32.1 Å². The van der Waals surface area contributed by atoms with E-state index in [-0.39, 0.29) is 153 Å². The van der Waals surface area contributed by atoms with Crippen LogP contribution in [0.2, 0.25) is 0 Å². The van der Waals surface area contributed by atoms with Crippen molar-refractivity contribution in [2.24, 2.45) is 35.3 Å². The number of primary amides is 1. The molecule has 9 amide bonds. The number of hydrogen-bond donors (Lipinski definition) is 9. The van der Waals surface area contributed by atoms with Gasteiger partial charge in [0, 0.05) is 117 Å². The zero-order valence-electron chi connectivity index (χ0n) is 64.9. The van der Waals surface area contributed by atoms with Crippen LogP contribution in [-0.2, 0) is 59.1 Å². The van der Waals surface area contributed by atoms with Crippen molar-refractivity contribution in [3.8, 4) is 28.7 Å². The van der Waals surface area contributed by atoms with Crippen molar-refractivity contribution >= 4 is 104 Å². The lowest BCUT2D eigenvalue weighted by molar-refractivity contribution is -0.155. The molecule has 0 unspecified atom stereocenters. The Balaban J connectivity index is 0.789. The molecular weight excluding hydrogens is 1440 g/mol. The SMILES string of the molecule is CO[C@H]1/C=C/O[C@@]2(C)Oc3c(C)c(O)c4c(=O)c(c5oc6cc(N7CCC(c8ccc(NC(=O)OCc9ccc(NC(=O)[C@H](CCCNC(N)=O)NC(=O)[C@@H](NC(=O)CCCCCN%10C(=O)C=CC%10=O)C(C)C)cc9)cc8)CC7)cc(O)c6nc-5c4c3C2=O)NC(=O)/C(C)=C\C=C\[C@H](C)C[C@@H](C)C[C@@H](C)[C@H](OC(C)=O)[C@@H]1C. The molecule has 596 valence electrons. The molecule has 1 aliphatic carbocycles. The lowest BCUT2D eigenvalue weighted by Crippen LogP contribution is -2.54. The summed E-state index contributed by atoms with van der Waals surface area (Å²) in [6.45, 7) is 18.7. The number of hydrogen-bond acceptors (Lipinski definition) is 21. The molecule has 10 N–H and O–H groups in total. The summed E-state index contributed by atoms with van der Waals surface area (Å²) in [5, 5.41) is 39.8. The number of nitrogens with zero attached hydrogens (tertiary/aromatic N) is 3. The predicted molar refractivity (Wildman–Crippen MR) is 419 cm³/mol. The van der Waals surface area contributed by atoms with Crippen molar-refractivity contribution in [3.63, 3.8) is 0 Å². The van der Waals surface area contributed by atoms with Gasteiger partial charge in [0.2, 0.25) is 23.2 Å². The number of aromatic hydroxyl groups is 2. The number of urea groups is 1. The highest BCUT2D eigenvalue weighted by molar-refractivity contribution is 6.22. The summed E-state index contributed by atoms with van der Waals surface area (Å²) in [6, 6.07) is 14.3. The fraction of sp³-hybridized carbons (Fsp3) is 0.446. The van der Waals surface area contributed by atoms with Crippen LogP contribution in [0, 0.1) is 36.5 Å². The fourth-order valence-electron chi connectivity index (χ4n) is 15.0. The number of benzene rings is 5. The van der Waals surface area contributed by atoms with E-state index in [2.05, 4.69) is 50.6 Å². The topological polar surface area (TPSA) is 405 Å². The van der Waals surface area contributed by atoms with Crippen LogP contribution in [-0.4, -0.2) is 143 Å². The maximum Gasteiger partial charge on any atom is 0.411 e. The minimum Gasteiger partial charge on any atom is -0.507 e. The van der Waals surface area contributed by atoms with Crippen molar-refractivity contribution < 1.29 is 86.3 Å². The van der Waals surface area contributed by atoms with E-state index in [9.17, 15) is 53.4 Å². The molecule has 0 aromatic heterocycles. The number of amides is 9. The second-order valence-electron chi connectivity index (χ2n) is 30.0. The Hall–Kier alpha value is -11.6. The summed E-state index contributed by atoms with van der Waals surface area (Å²) >= 11 is 0. The van der Waals surface area contributed by atoms with Crippen LogP contribution in [0.15, 0.2) is 118 Å². The third-order valence-electron chi connectivity index (χ3n) is 21.0. The molecule has 0 spiro atoms. The number of phenols is 2. The number of anilines is 4. The van der Waals surface area contributed by atoms with Crippen molar-refractivity contribution in [1.29, 1.82) is 0 Å². The molecule has 112 heavy (non-hydrogen) atoms. The van der Waals surface area contributed by atoms with Gasteiger partial charge >= 0.3 is 23.9 Å². The number of ketones is 1. The summed E-state index contributed by atoms with van der Waals surface area (Å²) < 4.78 is 36.6. The van der Waals surface area contributed by atoms with Crippen molar-refractivity contribution in [1.82, 2.24) is 25.8 Å². The van der Waals surface area contributed by atoms with Crippen LogP contribution >= 0.6 is 0 Å². The van der Waals surface area contributed by atoms with Crippen molar-refractivity contribution in [3.05, 3.63) is 141 Å². The van der Waals surface area contributed by atoms with Gasteiger partial charge < -0.3 is 75.5 Å². The third-order valence-corrected chi connectivity index (χ3v) is 21.0. The Kier molecular flexibility index (Phi) is 27.0. The van der Waals surface area contributed by atoms with Gasteiger partial charge in [-0.3, -0.25) is 53.4 Å². The molecule has 4 aromatic carbocycles. The number of rotatable bonds is 23. The first-order valence-corrected chi connectivity index (χ1v) is 38.0. The smallest absolute Gasteiger partial charge is 0.411 e. The summed E-state index contributed by atoms with van der Waals surface area (Å²) in [7, 11) is 1.51. The quantitative estimate of drug-likeness (QED) is 0.00946. The van der Waals surface area contributed by atoms with Gasteiger partial charge in [-0.15, -0.1) is 0 Å². The molecule has 29 nitrogen and oxygen atoms in total. The number of ether oxygens (including phenoxy) is 5. The first-order valence-electron chi connectivity index (χ1n) is 38.0. The van der Waals surface area contributed by atoms with E-state index >= 15 is 9.59 Å². The Bertz CT molecular complexity index is 4710. The Morgan fingerprint density at radius 1 is 0.830 bits per heavy atom. The first-order chi connectivity index (χ1) is 53.3. The normalized spacial score (nSPS) is 22.0. The molecular formula is C83H100N10O19. The number of methoxy groups -OCH3 is 1. The van der Waals surface area contributed by atoms with Crippen LogP contribution in [0.1, 0.15) is 159 Å². The molecule has 5 aliphatic heterocycles. The Morgan fingerprint density at radius 3 is 2.19 bits per heavy atom. The van der Waals surface area contributed by atoms with Crippen LogP contribution < -0.4 is 52.7 Å². The van der Waals surface area contributed by atoms with Crippen LogP contribution in [0.4, 0.5) is 32.3 Å². The molecule has 4 bridgehead atoms. The third kappa shape index (κ3) is 19.7. The maximum absolute atomic E-state index is 15.2. The molecule has 5 heterocycles. The number of allylic oxidation sites excluding steroid dienone is 3. The number of unbranched alkanes of at least 4 members (excludes halogenated alkanes) is 2. The van der Waals surface area contributed by atoms with E-state index in [1.54, 1.807) is 87.5 Å². The van der Waals surface area contributed by atoms with Gasteiger partial charge in [-0.1, -0.05) is 90.5 Å². The minimum atomic E-state index is -2.08. The van der Waals surface area contributed by atoms with Gasteiger partial charge in [0.1, 0.15) is 58.9 Å². The highest BCUT2D eigenvalue weighted by atomic mass is 16.7. The first kappa shape index (κ1) is 82.9. The highest BCUT2D eigenvalue weighted by Gasteiger charge is 2.50. The lowest BCUT2D eigenvalue weighted by atomic mass is 9.82. The van der Waals surface area contributed by atoms with Crippen molar-refractivity contribution in [2.45, 2.75) is 176 Å². The van der Waals surface area contributed by atoms with Gasteiger partial charge in [0.15, 0.2) is 11.3 Å². The lowest BCUT2D eigenvalue weighted by Gasteiger charge is -2.34. The van der Waals surface area contributed by atoms with Crippen LogP contribution in [0.25, 0.3) is 33.3 Å². The van der Waals surface area contributed by atoms with E-state index in [0.29, 0.717) is 74.2 Å². The number of phenolic OH excluding ortho intramolecular Hbond substituents is 2. The zero-order chi connectivity index (χ0) is 81.0. The predicted octanol–water partition coefficient (Wildman–Crippen LogP) is 11.3. The Labute approximate surface area is 648 Å². The van der Waals surface area contributed by atoms with Gasteiger partial charge in [-0.2, -0.15) is 0 Å². The molecule has 1 fully saturated rings. The van der Waals surface area contributed by atoms with Gasteiger partial charge in [0.25, 0.3) is 23.5 Å². The van der Waals surface area contributed by atoms with Crippen molar-refractivity contribution in [2.75, 3.05) is 54.1 Å². The maximum atomic E-state index is 15.2. The van der Waals surface area contributed by atoms with Crippen LogP contribution in [0.5, 0.6) is 17.2 Å². The van der Waals surface area contributed by atoms with Gasteiger partial charge in [-0.25, -0.2) is 14.6 Å². The number of esters is 1. The second kappa shape index (κ2) is 36.5. The molecule has 0 radical (unpaired) electrons. The van der Waals surface area contributed by atoms with Gasteiger partial charge in [0.05, 0.1) is 23.3 Å². The number of carbonyl (C=O) groups excluding carboxylic acids is 10. The average molecular weight is 1540 g/mol. The Morgan fingerprint density at radius 2 is 1.52 bits per heavy atom. The van der Waals surface area contributed by atoms with Crippen LogP contribution in [0.3, 0.4) is 0 Å². The monoisotopic (exact) mass is 1540 g/mol. The summed E-state index contributed by atoms with van der Waals surface area (Å²) in [6.07, 6.45) is 13.5. The number of aromatic nitrogens is 1. The van der Waals surface area contributed by atoms with E-state index in [4.69, 9.17) is 38.8 Å². The summed E-state index contributed by atoms with van der Waals surface area (Å²) in [5.74, 6) is -7.95. The number of Topliss-reactive ketones (excluding diaryl/α,β-unsaturated/α-hetero) is 1.